The Kier molecular flexibility index (Phi) is 1.15. The Hall–Kier alpha value is -1.45. The second-order valence-electron chi connectivity index (χ2n) is 2.64. The lowest BCUT2D eigenvalue weighted by molar-refractivity contribution is 0.823. The Bertz CT molecular complexity index is 358. The molecule has 0 fully saturated rings. The fourth-order valence-electron chi connectivity index (χ4n) is 1.27. The molecule has 4 nitrogen and oxygen atoms in total. The SMILES string of the molecule is CC1=CNCc2[nH]c(=O)[nH]c21. The molecule has 0 radical (unpaired) electrons. The highest BCUT2D eigenvalue weighted by Gasteiger charge is 2.11. The molecule has 0 spiro atoms. The number of allylic oxidation sites excluding steroid dienone is 1. The van der Waals surface area contributed by atoms with Crippen LogP contribution in [0.5, 0.6) is 0 Å². The van der Waals surface area contributed by atoms with Crippen LogP contribution in [0.15, 0.2) is 11.0 Å². The summed E-state index contributed by atoms with van der Waals surface area (Å²) in [5, 5.41) is 3.05. The first-order chi connectivity index (χ1) is 5.27. The van der Waals surface area contributed by atoms with Crippen LogP contribution in [-0.4, -0.2) is 9.97 Å². The van der Waals surface area contributed by atoms with E-state index in [1.807, 2.05) is 13.1 Å². The van der Waals surface area contributed by atoms with Gasteiger partial charge in [-0.05, 0) is 12.5 Å². The molecule has 0 bridgehead atoms. The number of fused-ring (bicyclic) bond motifs is 1. The van der Waals surface area contributed by atoms with Gasteiger partial charge in [0.15, 0.2) is 0 Å². The van der Waals surface area contributed by atoms with Crippen molar-refractivity contribution in [1.82, 2.24) is 15.3 Å². The molecule has 1 aliphatic rings. The lowest BCUT2D eigenvalue weighted by Gasteiger charge is -2.09. The highest BCUT2D eigenvalue weighted by molar-refractivity contribution is 5.63. The Morgan fingerprint density at radius 1 is 1.45 bits per heavy atom. The van der Waals surface area contributed by atoms with Gasteiger partial charge in [0, 0.05) is 6.20 Å². The fraction of sp³-hybridized carbons (Fsp3) is 0.286. The molecule has 0 unspecified atom stereocenters. The Balaban J connectivity index is 2.64. The van der Waals surface area contributed by atoms with Gasteiger partial charge < -0.3 is 15.3 Å². The van der Waals surface area contributed by atoms with E-state index in [2.05, 4.69) is 15.3 Å². The second kappa shape index (κ2) is 2.02. The molecular formula is C7H9N3O. The Labute approximate surface area is 63.3 Å². The molecule has 58 valence electrons. The van der Waals surface area contributed by atoms with Crippen LogP contribution in [0.25, 0.3) is 5.57 Å². The number of nitrogens with one attached hydrogen (secondary N) is 3. The number of rotatable bonds is 0. The zero-order valence-electron chi connectivity index (χ0n) is 6.19. The third-order valence-corrected chi connectivity index (χ3v) is 1.80. The number of imidazole rings is 1. The molecule has 0 saturated carbocycles. The summed E-state index contributed by atoms with van der Waals surface area (Å²) < 4.78 is 0. The summed E-state index contributed by atoms with van der Waals surface area (Å²) in [7, 11) is 0. The van der Waals surface area contributed by atoms with Crippen LogP contribution in [0.4, 0.5) is 0 Å². The van der Waals surface area contributed by atoms with Crippen molar-refractivity contribution < 1.29 is 0 Å². The molecule has 1 aromatic heterocycles. The van der Waals surface area contributed by atoms with E-state index in [1.165, 1.54) is 0 Å². The Morgan fingerprint density at radius 2 is 2.27 bits per heavy atom. The maximum atomic E-state index is 10.8. The number of H-pyrrole nitrogens is 2. The van der Waals surface area contributed by atoms with Crippen molar-refractivity contribution >= 4 is 5.57 Å². The minimum atomic E-state index is -0.133. The number of hydrogen-bond acceptors (Lipinski definition) is 2. The van der Waals surface area contributed by atoms with Crippen LogP contribution < -0.4 is 11.0 Å². The monoisotopic (exact) mass is 151 g/mol. The molecule has 0 atom stereocenters. The highest BCUT2D eigenvalue weighted by atomic mass is 16.1. The first-order valence-electron chi connectivity index (χ1n) is 3.49. The fourth-order valence-corrected chi connectivity index (χ4v) is 1.27. The first-order valence-corrected chi connectivity index (χ1v) is 3.49. The average molecular weight is 151 g/mol. The maximum absolute atomic E-state index is 10.8. The van der Waals surface area contributed by atoms with Crippen LogP contribution in [0.2, 0.25) is 0 Å². The van der Waals surface area contributed by atoms with E-state index in [-0.39, 0.29) is 5.69 Å². The van der Waals surface area contributed by atoms with Crippen LogP contribution in [0.1, 0.15) is 18.3 Å². The van der Waals surface area contributed by atoms with Gasteiger partial charge in [0.2, 0.25) is 0 Å². The first kappa shape index (κ1) is 6.27. The number of aromatic amines is 2. The molecule has 3 N–H and O–H groups in total. The van der Waals surface area contributed by atoms with Crippen molar-refractivity contribution in [2.45, 2.75) is 13.5 Å². The molecule has 0 aliphatic carbocycles. The normalized spacial score (nSPS) is 15.2. The molecule has 1 aromatic rings. The van der Waals surface area contributed by atoms with Gasteiger partial charge in [0.25, 0.3) is 0 Å². The van der Waals surface area contributed by atoms with Gasteiger partial charge in [-0.3, -0.25) is 0 Å². The predicted molar refractivity (Wildman–Crippen MR) is 41.9 cm³/mol. The van der Waals surface area contributed by atoms with Crippen molar-refractivity contribution in [3.8, 4) is 0 Å². The molecule has 0 aromatic carbocycles. The van der Waals surface area contributed by atoms with Crippen LogP contribution in [-0.2, 0) is 6.54 Å². The quantitative estimate of drug-likeness (QED) is 0.495. The van der Waals surface area contributed by atoms with Gasteiger partial charge in [-0.25, -0.2) is 4.79 Å². The standard InChI is InChI=1S/C7H9N3O/c1-4-2-8-3-5-6(4)10-7(11)9-5/h2,8H,3H2,1H3,(H2,9,10,11). The lowest BCUT2D eigenvalue weighted by atomic mass is 10.1. The summed E-state index contributed by atoms with van der Waals surface area (Å²) in [5.74, 6) is 0. The summed E-state index contributed by atoms with van der Waals surface area (Å²) in [6.45, 7) is 2.65. The maximum Gasteiger partial charge on any atom is 0.323 e. The van der Waals surface area contributed by atoms with Crippen LogP contribution >= 0.6 is 0 Å². The second-order valence-corrected chi connectivity index (χ2v) is 2.64. The molecular weight excluding hydrogens is 142 g/mol. The van der Waals surface area contributed by atoms with E-state index < -0.39 is 0 Å². The Morgan fingerprint density at radius 3 is 3.00 bits per heavy atom. The molecule has 11 heavy (non-hydrogen) atoms. The van der Waals surface area contributed by atoms with Gasteiger partial charge in [-0.2, -0.15) is 0 Å². The van der Waals surface area contributed by atoms with Crippen LogP contribution in [0.3, 0.4) is 0 Å². The minimum absolute atomic E-state index is 0.133. The van der Waals surface area contributed by atoms with Crippen molar-refractivity contribution in [1.29, 1.82) is 0 Å². The molecule has 0 saturated heterocycles. The van der Waals surface area contributed by atoms with E-state index >= 15 is 0 Å². The zero-order chi connectivity index (χ0) is 7.84. The molecule has 4 heteroatoms. The third-order valence-electron chi connectivity index (χ3n) is 1.80. The van der Waals surface area contributed by atoms with Crippen molar-refractivity contribution in [2.24, 2.45) is 0 Å². The molecule has 2 heterocycles. The lowest BCUT2D eigenvalue weighted by Crippen LogP contribution is -2.12. The predicted octanol–water partition coefficient (Wildman–Crippen LogP) is 0.167. The van der Waals surface area contributed by atoms with Crippen molar-refractivity contribution in [3.63, 3.8) is 0 Å². The smallest absolute Gasteiger partial charge is 0.323 e. The third kappa shape index (κ3) is 0.869. The van der Waals surface area contributed by atoms with Crippen molar-refractivity contribution in [2.75, 3.05) is 0 Å². The number of hydrogen-bond donors (Lipinski definition) is 3. The van der Waals surface area contributed by atoms with Gasteiger partial charge in [0.1, 0.15) is 0 Å². The molecule has 2 rings (SSSR count). The van der Waals surface area contributed by atoms with E-state index in [0.29, 0.717) is 6.54 Å². The van der Waals surface area contributed by atoms with Gasteiger partial charge >= 0.3 is 5.69 Å². The summed E-state index contributed by atoms with van der Waals surface area (Å²) in [6.07, 6.45) is 1.89. The molecule has 1 aliphatic heterocycles. The van der Waals surface area contributed by atoms with E-state index in [4.69, 9.17) is 0 Å². The molecule has 0 amide bonds. The van der Waals surface area contributed by atoms with Gasteiger partial charge in [-0.15, -0.1) is 0 Å². The van der Waals surface area contributed by atoms with E-state index in [1.54, 1.807) is 0 Å². The van der Waals surface area contributed by atoms with E-state index in [0.717, 1.165) is 17.0 Å². The summed E-state index contributed by atoms with van der Waals surface area (Å²) >= 11 is 0. The van der Waals surface area contributed by atoms with Gasteiger partial charge in [0.05, 0.1) is 17.9 Å². The topological polar surface area (TPSA) is 60.7 Å². The van der Waals surface area contributed by atoms with Crippen molar-refractivity contribution in [3.05, 3.63) is 28.1 Å². The number of aromatic nitrogens is 2. The largest absolute Gasteiger partial charge is 0.385 e. The average Bonchev–Trinajstić information content (AvgIpc) is 2.31. The summed E-state index contributed by atoms with van der Waals surface area (Å²) in [4.78, 5) is 16.3. The van der Waals surface area contributed by atoms with Crippen LogP contribution in [0, 0.1) is 0 Å². The minimum Gasteiger partial charge on any atom is -0.385 e. The zero-order valence-corrected chi connectivity index (χ0v) is 6.19. The summed E-state index contributed by atoms with van der Waals surface area (Å²) in [6, 6.07) is 0. The highest BCUT2D eigenvalue weighted by Crippen LogP contribution is 2.15. The summed E-state index contributed by atoms with van der Waals surface area (Å²) in [5.41, 5.74) is 2.79. The van der Waals surface area contributed by atoms with Gasteiger partial charge in [-0.1, -0.05) is 0 Å². The van der Waals surface area contributed by atoms with E-state index in [9.17, 15) is 4.79 Å².